The quantitative estimate of drug-likeness (QED) is 0.881. The van der Waals surface area contributed by atoms with Crippen LogP contribution >= 0.6 is 11.6 Å². The van der Waals surface area contributed by atoms with E-state index in [-0.39, 0.29) is 11.5 Å². The van der Waals surface area contributed by atoms with Crippen LogP contribution in [0, 0.1) is 0 Å². The summed E-state index contributed by atoms with van der Waals surface area (Å²) in [5.41, 5.74) is 1.33. The van der Waals surface area contributed by atoms with Crippen molar-refractivity contribution >= 4 is 17.7 Å². The van der Waals surface area contributed by atoms with E-state index >= 15 is 0 Å². The lowest BCUT2D eigenvalue weighted by Crippen LogP contribution is -2.32. The Kier molecular flexibility index (Phi) is 3.06. The Morgan fingerprint density at radius 3 is 2.56 bits per heavy atom. The SMILES string of the molecule is COC(=O)NCC1(c2ccc(Cl)cc2)CC1. The van der Waals surface area contributed by atoms with Gasteiger partial charge in [-0.1, -0.05) is 23.7 Å². The Morgan fingerprint density at radius 1 is 1.44 bits per heavy atom. The third-order valence-electron chi connectivity index (χ3n) is 3.07. The van der Waals surface area contributed by atoms with Crippen LogP contribution in [-0.2, 0) is 10.2 Å². The molecule has 0 spiro atoms. The summed E-state index contributed by atoms with van der Waals surface area (Å²) < 4.78 is 4.56. The maximum absolute atomic E-state index is 11.0. The summed E-state index contributed by atoms with van der Waals surface area (Å²) >= 11 is 5.84. The number of halogens is 1. The second-order valence-electron chi connectivity index (χ2n) is 4.13. The number of carbonyl (C=O) groups excluding carboxylic acids is 1. The molecule has 0 aromatic heterocycles. The smallest absolute Gasteiger partial charge is 0.406 e. The monoisotopic (exact) mass is 239 g/mol. The van der Waals surface area contributed by atoms with Crippen molar-refractivity contribution in [1.29, 1.82) is 0 Å². The molecule has 0 atom stereocenters. The number of amides is 1. The summed E-state index contributed by atoms with van der Waals surface area (Å²) in [6, 6.07) is 7.81. The number of hydrogen-bond acceptors (Lipinski definition) is 2. The van der Waals surface area contributed by atoms with Crippen molar-refractivity contribution in [3.63, 3.8) is 0 Å². The summed E-state index contributed by atoms with van der Waals surface area (Å²) in [5, 5.41) is 3.49. The molecule has 0 aliphatic heterocycles. The number of ether oxygens (including phenoxy) is 1. The highest BCUT2D eigenvalue weighted by molar-refractivity contribution is 6.30. The lowest BCUT2D eigenvalue weighted by molar-refractivity contribution is 0.170. The van der Waals surface area contributed by atoms with Crippen molar-refractivity contribution in [2.75, 3.05) is 13.7 Å². The van der Waals surface area contributed by atoms with Crippen molar-refractivity contribution in [1.82, 2.24) is 5.32 Å². The number of methoxy groups -OCH3 is 1. The van der Waals surface area contributed by atoms with Gasteiger partial charge < -0.3 is 10.1 Å². The van der Waals surface area contributed by atoms with Crippen molar-refractivity contribution in [2.24, 2.45) is 0 Å². The van der Waals surface area contributed by atoms with E-state index in [2.05, 4.69) is 10.1 Å². The van der Waals surface area contributed by atoms with Gasteiger partial charge in [0.25, 0.3) is 0 Å². The molecule has 1 aliphatic carbocycles. The average molecular weight is 240 g/mol. The molecule has 0 radical (unpaired) electrons. The van der Waals surface area contributed by atoms with Gasteiger partial charge in [-0.05, 0) is 30.5 Å². The number of rotatable bonds is 3. The first kappa shape index (κ1) is 11.3. The molecule has 1 N–H and O–H groups in total. The van der Waals surface area contributed by atoms with E-state index in [1.54, 1.807) is 0 Å². The van der Waals surface area contributed by atoms with Gasteiger partial charge in [0.05, 0.1) is 7.11 Å². The van der Waals surface area contributed by atoms with Gasteiger partial charge in [0.15, 0.2) is 0 Å². The molecule has 1 saturated carbocycles. The first-order valence-corrected chi connectivity index (χ1v) is 5.62. The molecule has 0 saturated heterocycles. The Balaban J connectivity index is 2.02. The van der Waals surface area contributed by atoms with E-state index in [1.165, 1.54) is 12.7 Å². The van der Waals surface area contributed by atoms with Gasteiger partial charge in [-0.15, -0.1) is 0 Å². The molecule has 1 amide bonds. The van der Waals surface area contributed by atoms with Crippen LogP contribution in [-0.4, -0.2) is 19.7 Å². The molecule has 16 heavy (non-hydrogen) atoms. The van der Waals surface area contributed by atoms with Gasteiger partial charge in [-0.3, -0.25) is 0 Å². The van der Waals surface area contributed by atoms with Crippen molar-refractivity contribution in [3.05, 3.63) is 34.9 Å². The van der Waals surface area contributed by atoms with Crippen LogP contribution in [0.25, 0.3) is 0 Å². The molecule has 1 fully saturated rings. The zero-order valence-corrected chi connectivity index (χ0v) is 9.88. The molecular weight excluding hydrogens is 226 g/mol. The lowest BCUT2D eigenvalue weighted by atomic mass is 9.96. The van der Waals surface area contributed by atoms with Crippen LogP contribution in [0.4, 0.5) is 4.79 Å². The maximum atomic E-state index is 11.0. The highest BCUT2D eigenvalue weighted by Gasteiger charge is 2.44. The van der Waals surface area contributed by atoms with Gasteiger partial charge in [0.2, 0.25) is 0 Å². The Morgan fingerprint density at radius 2 is 2.06 bits per heavy atom. The normalized spacial score (nSPS) is 16.6. The molecule has 0 unspecified atom stereocenters. The Labute approximate surface area is 99.7 Å². The van der Waals surface area contributed by atoms with Gasteiger partial charge in [0.1, 0.15) is 0 Å². The van der Waals surface area contributed by atoms with E-state index in [9.17, 15) is 4.79 Å². The lowest BCUT2D eigenvalue weighted by Gasteiger charge is -2.16. The van der Waals surface area contributed by atoms with Crippen LogP contribution in [0.15, 0.2) is 24.3 Å². The second kappa shape index (κ2) is 4.34. The van der Waals surface area contributed by atoms with Crippen LogP contribution in [0.1, 0.15) is 18.4 Å². The van der Waals surface area contributed by atoms with Gasteiger partial charge in [-0.2, -0.15) is 0 Å². The summed E-state index contributed by atoms with van der Waals surface area (Å²) in [6.45, 7) is 0.626. The van der Waals surface area contributed by atoms with Crippen molar-refractivity contribution in [3.8, 4) is 0 Å². The number of hydrogen-bond donors (Lipinski definition) is 1. The number of benzene rings is 1. The summed E-state index contributed by atoms with van der Waals surface area (Å²) in [6.07, 6.45) is 1.82. The third-order valence-corrected chi connectivity index (χ3v) is 3.32. The zero-order valence-electron chi connectivity index (χ0n) is 9.13. The van der Waals surface area contributed by atoms with Crippen molar-refractivity contribution < 1.29 is 9.53 Å². The Bertz CT molecular complexity index is 385. The molecule has 0 heterocycles. The van der Waals surface area contributed by atoms with E-state index in [0.29, 0.717) is 6.54 Å². The van der Waals surface area contributed by atoms with Crippen LogP contribution in [0.3, 0.4) is 0 Å². The molecule has 2 rings (SSSR count). The fraction of sp³-hybridized carbons (Fsp3) is 0.417. The Hall–Kier alpha value is -1.22. The third kappa shape index (κ3) is 2.30. The van der Waals surface area contributed by atoms with Crippen LogP contribution in [0.2, 0.25) is 5.02 Å². The minimum absolute atomic E-state index is 0.0960. The molecule has 1 aromatic carbocycles. The summed E-state index contributed by atoms with van der Waals surface area (Å²) in [4.78, 5) is 11.0. The topological polar surface area (TPSA) is 38.3 Å². The maximum Gasteiger partial charge on any atom is 0.406 e. The second-order valence-corrected chi connectivity index (χ2v) is 4.57. The van der Waals surface area contributed by atoms with Gasteiger partial charge in [0, 0.05) is 17.0 Å². The minimum Gasteiger partial charge on any atom is -0.453 e. The summed E-state index contributed by atoms with van der Waals surface area (Å²) in [7, 11) is 1.37. The number of alkyl carbamates (subject to hydrolysis) is 1. The highest BCUT2D eigenvalue weighted by atomic mass is 35.5. The molecule has 3 nitrogen and oxygen atoms in total. The van der Waals surface area contributed by atoms with Gasteiger partial charge >= 0.3 is 6.09 Å². The van der Waals surface area contributed by atoms with E-state index in [4.69, 9.17) is 11.6 Å². The first-order valence-electron chi connectivity index (χ1n) is 5.24. The molecule has 4 heteroatoms. The molecule has 1 aliphatic rings. The number of nitrogens with one attached hydrogen (secondary N) is 1. The predicted octanol–water partition coefficient (Wildman–Crippen LogP) is 2.73. The standard InChI is InChI=1S/C12H14ClNO2/c1-16-11(15)14-8-12(6-7-12)9-2-4-10(13)5-3-9/h2-5H,6-8H2,1H3,(H,14,15). The fourth-order valence-electron chi connectivity index (χ4n) is 1.84. The predicted molar refractivity (Wildman–Crippen MR) is 62.8 cm³/mol. The largest absolute Gasteiger partial charge is 0.453 e. The van der Waals surface area contributed by atoms with Crippen molar-refractivity contribution in [2.45, 2.75) is 18.3 Å². The first-order chi connectivity index (χ1) is 7.66. The average Bonchev–Trinajstić information content (AvgIpc) is 3.08. The minimum atomic E-state index is -0.375. The molecule has 86 valence electrons. The fourth-order valence-corrected chi connectivity index (χ4v) is 1.96. The molecular formula is C12H14ClNO2. The zero-order chi connectivity index (χ0) is 11.6. The van der Waals surface area contributed by atoms with Crippen LogP contribution < -0.4 is 5.32 Å². The molecule has 1 aromatic rings. The summed E-state index contributed by atoms with van der Waals surface area (Å²) in [5.74, 6) is 0. The van der Waals surface area contributed by atoms with Crippen LogP contribution in [0.5, 0.6) is 0 Å². The number of carbonyl (C=O) groups is 1. The van der Waals surface area contributed by atoms with Gasteiger partial charge in [-0.25, -0.2) is 4.79 Å². The van der Waals surface area contributed by atoms with E-state index in [0.717, 1.165) is 17.9 Å². The van der Waals surface area contributed by atoms with E-state index < -0.39 is 0 Å². The van der Waals surface area contributed by atoms with E-state index in [1.807, 2.05) is 24.3 Å². The highest BCUT2D eigenvalue weighted by Crippen LogP contribution is 2.47. The molecule has 0 bridgehead atoms.